The molecule has 0 aromatic heterocycles. The van der Waals surface area contributed by atoms with E-state index in [9.17, 15) is 9.59 Å². The van der Waals surface area contributed by atoms with Crippen molar-refractivity contribution < 1.29 is 19.8 Å². The van der Waals surface area contributed by atoms with E-state index in [4.69, 9.17) is 45.0 Å². The van der Waals surface area contributed by atoms with Crippen molar-refractivity contribution in [3.8, 4) is 0 Å². The van der Waals surface area contributed by atoms with Gasteiger partial charge in [0.1, 0.15) is 0 Å². The van der Waals surface area contributed by atoms with Crippen LogP contribution in [0.2, 0.25) is 0 Å². The minimum absolute atomic E-state index is 0.0317. The number of carboxylic acids is 2. The van der Waals surface area contributed by atoms with Gasteiger partial charge in [-0.2, -0.15) is 0 Å². The number of hydrogen-bond donors (Lipinski definition) is 2. The van der Waals surface area contributed by atoms with Crippen LogP contribution in [0.25, 0.3) is 0 Å². The van der Waals surface area contributed by atoms with Crippen molar-refractivity contribution in [3.05, 3.63) is 23.3 Å². The molecule has 0 aromatic carbocycles. The first-order chi connectivity index (χ1) is 7.55. The van der Waals surface area contributed by atoms with Crippen molar-refractivity contribution in [2.24, 2.45) is 5.92 Å². The smallest absolute Gasteiger partial charge is 0.330 e. The van der Waals surface area contributed by atoms with E-state index in [0.29, 0.717) is 0 Å². The van der Waals surface area contributed by atoms with Gasteiger partial charge in [-0.05, 0) is 13.8 Å². The summed E-state index contributed by atoms with van der Waals surface area (Å²) in [6.45, 7) is 2.66. The lowest BCUT2D eigenvalue weighted by molar-refractivity contribution is -0.133. The molecule has 17 heavy (non-hydrogen) atoms. The van der Waals surface area contributed by atoms with Gasteiger partial charge in [0.05, 0.1) is 0 Å². The Morgan fingerprint density at radius 1 is 1.00 bits per heavy atom. The van der Waals surface area contributed by atoms with E-state index in [1.54, 1.807) is 0 Å². The summed E-state index contributed by atoms with van der Waals surface area (Å²) in [6.07, 6.45) is 2.39. The fraction of sp³-hybridized carbons (Fsp3) is 0.400. The van der Waals surface area contributed by atoms with E-state index >= 15 is 0 Å². The van der Waals surface area contributed by atoms with Gasteiger partial charge in [-0.25, -0.2) is 9.59 Å². The van der Waals surface area contributed by atoms with Gasteiger partial charge in [-0.15, -0.1) is 0 Å². The van der Waals surface area contributed by atoms with Gasteiger partial charge >= 0.3 is 11.9 Å². The fourth-order valence-electron chi connectivity index (χ4n) is 0.918. The van der Waals surface area contributed by atoms with Gasteiger partial charge in [0.2, 0.25) is 0 Å². The molecule has 0 heterocycles. The monoisotopic (exact) mass is 300 g/mol. The van der Waals surface area contributed by atoms with E-state index in [0.717, 1.165) is 0 Å². The molecule has 96 valence electrons. The van der Waals surface area contributed by atoms with Crippen molar-refractivity contribution >= 4 is 46.7 Å². The Morgan fingerprint density at radius 2 is 1.29 bits per heavy atom. The second-order valence-electron chi connectivity index (χ2n) is 3.38. The zero-order valence-corrected chi connectivity index (χ0v) is 11.3. The standard InChI is InChI=1S/C10H11Cl3O4/c1-5(8(14)15)3-7(10(11,12)13)4-6(2)9(16)17/h3-4,7H,1-2H3,(H,14,15)(H,16,17). The average molecular weight is 302 g/mol. The maximum absolute atomic E-state index is 10.6. The lowest BCUT2D eigenvalue weighted by Gasteiger charge is -2.18. The summed E-state index contributed by atoms with van der Waals surface area (Å²) in [5.74, 6) is -3.25. The van der Waals surface area contributed by atoms with Crippen LogP contribution >= 0.6 is 34.8 Å². The van der Waals surface area contributed by atoms with Gasteiger partial charge in [-0.1, -0.05) is 47.0 Å². The summed E-state index contributed by atoms with van der Waals surface area (Å²) < 4.78 is -1.81. The predicted molar refractivity (Wildman–Crippen MR) is 66.6 cm³/mol. The highest BCUT2D eigenvalue weighted by atomic mass is 35.6. The predicted octanol–water partition coefficient (Wildman–Crippen LogP) is 3.03. The number of alkyl halides is 3. The molecule has 0 unspecified atom stereocenters. The first kappa shape index (κ1) is 16.3. The topological polar surface area (TPSA) is 74.6 Å². The second kappa shape index (κ2) is 6.28. The SMILES string of the molecule is CC(=CC(C=C(C)C(=O)O)C(Cl)(Cl)Cl)C(=O)O. The maximum Gasteiger partial charge on any atom is 0.330 e. The highest BCUT2D eigenvalue weighted by Crippen LogP contribution is 2.37. The maximum atomic E-state index is 10.6. The molecule has 0 fully saturated rings. The highest BCUT2D eigenvalue weighted by molar-refractivity contribution is 6.68. The average Bonchev–Trinajstić information content (AvgIpc) is 2.14. The molecule has 0 aliphatic carbocycles. The number of carbonyl (C=O) groups is 2. The Labute approximate surface area is 113 Å². The molecule has 0 radical (unpaired) electrons. The van der Waals surface area contributed by atoms with Crippen LogP contribution in [0.4, 0.5) is 0 Å². The first-order valence-corrected chi connectivity index (χ1v) is 5.59. The van der Waals surface area contributed by atoms with E-state index in [1.807, 2.05) is 0 Å². The summed E-state index contributed by atoms with van der Waals surface area (Å²) in [4.78, 5) is 21.3. The quantitative estimate of drug-likeness (QED) is 0.618. The van der Waals surface area contributed by atoms with E-state index in [2.05, 4.69) is 0 Å². The van der Waals surface area contributed by atoms with Gasteiger partial charge < -0.3 is 10.2 Å². The Morgan fingerprint density at radius 3 is 1.47 bits per heavy atom. The number of halogens is 3. The molecule has 0 rings (SSSR count). The second-order valence-corrected chi connectivity index (χ2v) is 5.75. The molecule has 0 aromatic rings. The molecular formula is C10H11Cl3O4. The largest absolute Gasteiger partial charge is 0.478 e. The molecule has 0 spiro atoms. The van der Waals surface area contributed by atoms with Crippen LogP contribution in [-0.2, 0) is 9.59 Å². The summed E-state index contributed by atoms with van der Waals surface area (Å²) in [6, 6.07) is 0. The number of allylic oxidation sites excluding steroid dienone is 2. The van der Waals surface area contributed by atoms with Crippen LogP contribution in [0, 0.1) is 5.92 Å². The fourth-order valence-corrected chi connectivity index (χ4v) is 1.30. The van der Waals surface area contributed by atoms with Crippen molar-refractivity contribution in [2.75, 3.05) is 0 Å². The van der Waals surface area contributed by atoms with Crippen LogP contribution in [0.5, 0.6) is 0 Å². The van der Waals surface area contributed by atoms with Crippen LogP contribution in [0.15, 0.2) is 23.3 Å². The normalized spacial score (nSPS) is 15.6. The van der Waals surface area contributed by atoms with Gasteiger partial charge in [0.15, 0.2) is 3.79 Å². The Bertz CT molecular complexity index is 350. The van der Waals surface area contributed by atoms with Crippen molar-refractivity contribution in [2.45, 2.75) is 17.6 Å². The Balaban J connectivity index is 5.33. The Hall–Kier alpha value is -0.710. The van der Waals surface area contributed by atoms with Gasteiger partial charge in [0, 0.05) is 17.1 Å². The van der Waals surface area contributed by atoms with E-state index < -0.39 is 21.6 Å². The summed E-state index contributed by atoms with van der Waals surface area (Å²) in [5.41, 5.74) is -0.0634. The first-order valence-electron chi connectivity index (χ1n) is 4.46. The molecule has 0 atom stereocenters. The van der Waals surface area contributed by atoms with Crippen LogP contribution in [-0.4, -0.2) is 25.9 Å². The molecule has 0 amide bonds. The van der Waals surface area contributed by atoms with E-state index in [1.165, 1.54) is 26.0 Å². The van der Waals surface area contributed by atoms with Gasteiger partial charge in [-0.3, -0.25) is 0 Å². The third-order valence-corrected chi connectivity index (χ3v) is 2.67. The number of carboxylic acid groups (broad SMARTS) is 2. The molecule has 7 heteroatoms. The molecule has 2 N–H and O–H groups in total. The molecular weight excluding hydrogens is 290 g/mol. The third kappa shape index (κ3) is 5.96. The van der Waals surface area contributed by atoms with E-state index in [-0.39, 0.29) is 11.1 Å². The summed E-state index contributed by atoms with van der Waals surface area (Å²) in [7, 11) is 0. The lowest BCUT2D eigenvalue weighted by atomic mass is 10.0. The van der Waals surface area contributed by atoms with Crippen LogP contribution < -0.4 is 0 Å². The molecule has 0 aliphatic heterocycles. The highest BCUT2D eigenvalue weighted by Gasteiger charge is 2.30. The summed E-state index contributed by atoms with van der Waals surface area (Å²) in [5, 5.41) is 17.4. The van der Waals surface area contributed by atoms with Crippen LogP contribution in [0.1, 0.15) is 13.8 Å². The molecule has 4 nitrogen and oxygen atoms in total. The lowest BCUT2D eigenvalue weighted by Crippen LogP contribution is -2.17. The van der Waals surface area contributed by atoms with Crippen molar-refractivity contribution in [1.29, 1.82) is 0 Å². The molecule has 0 saturated heterocycles. The minimum atomic E-state index is -1.81. The molecule has 0 bridgehead atoms. The molecule has 0 aliphatic rings. The van der Waals surface area contributed by atoms with Crippen molar-refractivity contribution in [3.63, 3.8) is 0 Å². The van der Waals surface area contributed by atoms with Crippen LogP contribution in [0.3, 0.4) is 0 Å². The summed E-state index contributed by atoms with van der Waals surface area (Å²) >= 11 is 17.0. The zero-order chi connectivity index (χ0) is 13.8. The van der Waals surface area contributed by atoms with Crippen molar-refractivity contribution in [1.82, 2.24) is 0 Å². The van der Waals surface area contributed by atoms with Gasteiger partial charge in [0.25, 0.3) is 0 Å². The minimum Gasteiger partial charge on any atom is -0.478 e. The third-order valence-electron chi connectivity index (χ3n) is 1.91. The zero-order valence-electron chi connectivity index (χ0n) is 9.08. The Kier molecular flexibility index (Phi) is 6.02. The number of hydrogen-bond acceptors (Lipinski definition) is 2. The molecule has 0 saturated carbocycles. The number of rotatable bonds is 4. The number of aliphatic carboxylic acids is 2.